The largest absolute Gasteiger partial charge is 0.340 e. The molecule has 0 atom stereocenters. The highest BCUT2D eigenvalue weighted by Crippen LogP contribution is 2.18. The minimum absolute atomic E-state index is 0.00476. The van der Waals surface area contributed by atoms with Crippen molar-refractivity contribution in [2.24, 2.45) is 0 Å². The molecule has 0 aromatic heterocycles. The lowest BCUT2D eigenvalue weighted by Crippen LogP contribution is -2.50. The minimum atomic E-state index is -3.67. The van der Waals surface area contributed by atoms with Gasteiger partial charge in [0.25, 0.3) is 0 Å². The molecule has 1 amide bonds. The van der Waals surface area contributed by atoms with Crippen LogP contribution in [0.15, 0.2) is 53.4 Å². The number of unbranched alkanes of at least 4 members (excludes halogenated alkanes) is 1. The summed E-state index contributed by atoms with van der Waals surface area (Å²) >= 11 is 0. The molecule has 29 heavy (non-hydrogen) atoms. The van der Waals surface area contributed by atoms with Crippen LogP contribution in [-0.4, -0.2) is 49.7 Å². The maximum atomic E-state index is 13.1. The summed E-state index contributed by atoms with van der Waals surface area (Å²) in [7, 11) is -3.67. The standard InChI is InChI=1S/C22H27FN2O3S/c1-2-3-4-18-5-7-19(8-6-18)17-22(26)24-13-15-25(16-14-24)29(27,28)21-11-9-20(23)10-12-21/h5-12H,2-4,13-17H2,1H3. The van der Waals surface area contributed by atoms with Crippen molar-refractivity contribution in [3.05, 3.63) is 65.5 Å². The van der Waals surface area contributed by atoms with E-state index in [1.807, 2.05) is 12.1 Å². The van der Waals surface area contributed by atoms with Crippen molar-refractivity contribution in [1.29, 1.82) is 0 Å². The van der Waals surface area contributed by atoms with E-state index in [4.69, 9.17) is 0 Å². The molecule has 3 rings (SSSR count). The first-order chi connectivity index (χ1) is 13.9. The molecule has 0 saturated carbocycles. The maximum Gasteiger partial charge on any atom is 0.243 e. The fourth-order valence-electron chi connectivity index (χ4n) is 3.42. The quantitative estimate of drug-likeness (QED) is 0.694. The van der Waals surface area contributed by atoms with Gasteiger partial charge in [0.05, 0.1) is 11.3 Å². The molecular weight excluding hydrogens is 391 g/mol. The van der Waals surface area contributed by atoms with Crippen LogP contribution >= 0.6 is 0 Å². The Hall–Kier alpha value is -2.25. The third-order valence-electron chi connectivity index (χ3n) is 5.24. The topological polar surface area (TPSA) is 57.7 Å². The third-order valence-corrected chi connectivity index (χ3v) is 7.15. The molecule has 0 bridgehead atoms. The number of carbonyl (C=O) groups excluding carboxylic acids is 1. The van der Waals surface area contributed by atoms with E-state index in [0.29, 0.717) is 19.5 Å². The van der Waals surface area contributed by atoms with Crippen molar-refractivity contribution in [2.75, 3.05) is 26.2 Å². The zero-order valence-electron chi connectivity index (χ0n) is 16.7. The fourth-order valence-corrected chi connectivity index (χ4v) is 4.85. The molecule has 0 aliphatic carbocycles. The van der Waals surface area contributed by atoms with Crippen molar-refractivity contribution >= 4 is 15.9 Å². The van der Waals surface area contributed by atoms with Crippen molar-refractivity contribution < 1.29 is 17.6 Å². The molecule has 0 spiro atoms. The van der Waals surface area contributed by atoms with E-state index < -0.39 is 15.8 Å². The van der Waals surface area contributed by atoms with Crippen molar-refractivity contribution in [2.45, 2.75) is 37.5 Å². The molecule has 5 nitrogen and oxygen atoms in total. The van der Waals surface area contributed by atoms with E-state index >= 15 is 0 Å². The summed E-state index contributed by atoms with van der Waals surface area (Å²) in [6.07, 6.45) is 3.68. The van der Waals surface area contributed by atoms with Crippen LogP contribution in [0.1, 0.15) is 30.9 Å². The van der Waals surface area contributed by atoms with Gasteiger partial charge >= 0.3 is 0 Å². The van der Waals surface area contributed by atoms with Gasteiger partial charge in [0.15, 0.2) is 0 Å². The molecule has 1 aliphatic heterocycles. The van der Waals surface area contributed by atoms with Crippen molar-refractivity contribution in [3.63, 3.8) is 0 Å². The van der Waals surface area contributed by atoms with Gasteiger partial charge in [-0.15, -0.1) is 0 Å². The van der Waals surface area contributed by atoms with Crippen LogP contribution in [0.3, 0.4) is 0 Å². The minimum Gasteiger partial charge on any atom is -0.340 e. The van der Waals surface area contributed by atoms with Gasteiger partial charge in [-0.3, -0.25) is 4.79 Å². The second kappa shape index (κ2) is 9.50. The summed E-state index contributed by atoms with van der Waals surface area (Å²) < 4.78 is 39.8. The van der Waals surface area contributed by atoms with Gasteiger partial charge in [-0.1, -0.05) is 37.6 Å². The van der Waals surface area contributed by atoms with Crippen LogP contribution in [0, 0.1) is 5.82 Å². The Bertz CT molecular complexity index is 920. The lowest BCUT2D eigenvalue weighted by Gasteiger charge is -2.34. The molecule has 2 aromatic carbocycles. The average Bonchev–Trinajstić information content (AvgIpc) is 2.73. The Kier molecular flexibility index (Phi) is 7.03. The van der Waals surface area contributed by atoms with Gasteiger partial charge in [0, 0.05) is 26.2 Å². The van der Waals surface area contributed by atoms with E-state index in [1.165, 1.54) is 22.0 Å². The Morgan fingerprint density at radius 1 is 0.931 bits per heavy atom. The highest BCUT2D eigenvalue weighted by molar-refractivity contribution is 7.89. The second-order valence-electron chi connectivity index (χ2n) is 7.34. The van der Waals surface area contributed by atoms with Crippen LogP contribution in [-0.2, 0) is 27.7 Å². The van der Waals surface area contributed by atoms with Gasteiger partial charge in [-0.2, -0.15) is 4.31 Å². The van der Waals surface area contributed by atoms with E-state index in [2.05, 4.69) is 19.1 Å². The van der Waals surface area contributed by atoms with Gasteiger partial charge < -0.3 is 4.90 Å². The normalized spacial score (nSPS) is 15.4. The highest BCUT2D eigenvalue weighted by Gasteiger charge is 2.30. The molecule has 1 aliphatic rings. The molecule has 156 valence electrons. The van der Waals surface area contributed by atoms with E-state index in [1.54, 1.807) is 4.90 Å². The predicted molar refractivity (Wildman–Crippen MR) is 110 cm³/mol. The van der Waals surface area contributed by atoms with Gasteiger partial charge in [0.1, 0.15) is 5.82 Å². The number of aryl methyl sites for hydroxylation is 1. The second-order valence-corrected chi connectivity index (χ2v) is 9.27. The number of piperazine rings is 1. The first kappa shape index (κ1) is 21.5. The van der Waals surface area contributed by atoms with Crippen molar-refractivity contribution in [3.8, 4) is 0 Å². The molecule has 0 radical (unpaired) electrons. The number of amides is 1. The number of halogens is 1. The number of benzene rings is 2. The van der Waals surface area contributed by atoms with Crippen molar-refractivity contribution in [1.82, 2.24) is 9.21 Å². The summed E-state index contributed by atoms with van der Waals surface area (Å²) in [5.74, 6) is -0.470. The molecule has 2 aromatic rings. The zero-order chi connectivity index (χ0) is 20.9. The number of hydrogen-bond donors (Lipinski definition) is 0. The maximum absolute atomic E-state index is 13.1. The van der Waals surface area contributed by atoms with E-state index in [-0.39, 0.29) is 23.9 Å². The molecule has 1 fully saturated rings. The summed E-state index contributed by atoms with van der Waals surface area (Å²) in [5.41, 5.74) is 2.25. The lowest BCUT2D eigenvalue weighted by atomic mass is 10.0. The predicted octanol–water partition coefficient (Wildman–Crippen LogP) is 3.24. The first-order valence-electron chi connectivity index (χ1n) is 10.0. The van der Waals surface area contributed by atoms with Gasteiger partial charge in [-0.05, 0) is 48.2 Å². The SMILES string of the molecule is CCCCc1ccc(CC(=O)N2CCN(S(=O)(=O)c3ccc(F)cc3)CC2)cc1. The monoisotopic (exact) mass is 418 g/mol. The molecule has 1 heterocycles. The van der Waals surface area contributed by atoms with Gasteiger partial charge in [0.2, 0.25) is 15.9 Å². The van der Waals surface area contributed by atoms with Crippen LogP contribution in [0.4, 0.5) is 4.39 Å². The van der Waals surface area contributed by atoms with Crippen LogP contribution in [0.25, 0.3) is 0 Å². The van der Waals surface area contributed by atoms with Gasteiger partial charge in [-0.25, -0.2) is 12.8 Å². The van der Waals surface area contributed by atoms with Crippen LogP contribution < -0.4 is 0 Å². The Balaban J connectivity index is 1.54. The number of rotatable bonds is 7. The number of hydrogen-bond acceptors (Lipinski definition) is 3. The van der Waals surface area contributed by atoms with E-state index in [0.717, 1.165) is 37.0 Å². The molecule has 7 heteroatoms. The molecule has 0 N–H and O–H groups in total. The Morgan fingerprint density at radius 3 is 2.10 bits per heavy atom. The fraction of sp³-hybridized carbons (Fsp3) is 0.409. The first-order valence-corrected chi connectivity index (χ1v) is 11.5. The smallest absolute Gasteiger partial charge is 0.243 e. The number of nitrogens with zero attached hydrogens (tertiary/aromatic N) is 2. The molecule has 0 unspecified atom stereocenters. The lowest BCUT2D eigenvalue weighted by molar-refractivity contribution is -0.131. The van der Waals surface area contributed by atoms with Crippen LogP contribution in [0.5, 0.6) is 0 Å². The highest BCUT2D eigenvalue weighted by atomic mass is 32.2. The summed E-state index contributed by atoms with van der Waals surface area (Å²) in [4.78, 5) is 14.4. The summed E-state index contributed by atoms with van der Waals surface area (Å²) in [6, 6.07) is 13.0. The number of carbonyl (C=O) groups is 1. The zero-order valence-corrected chi connectivity index (χ0v) is 17.5. The molecular formula is C22H27FN2O3S. The van der Waals surface area contributed by atoms with Crippen LogP contribution in [0.2, 0.25) is 0 Å². The Labute approximate surface area is 172 Å². The number of sulfonamides is 1. The average molecular weight is 419 g/mol. The Morgan fingerprint density at radius 2 is 1.52 bits per heavy atom. The summed E-state index contributed by atoms with van der Waals surface area (Å²) in [5, 5.41) is 0. The molecule has 1 saturated heterocycles. The van der Waals surface area contributed by atoms with E-state index in [9.17, 15) is 17.6 Å². The summed E-state index contributed by atoms with van der Waals surface area (Å²) in [6.45, 7) is 3.35. The third kappa shape index (κ3) is 5.42.